The summed E-state index contributed by atoms with van der Waals surface area (Å²) >= 11 is 0. The molecule has 0 aromatic carbocycles. The lowest BCUT2D eigenvalue weighted by atomic mass is 9.99. The minimum Gasteiger partial charge on any atom is -0.0683 e. The molecule has 0 rings (SSSR count). The van der Waals surface area contributed by atoms with Crippen molar-refractivity contribution < 1.29 is 0 Å². The Labute approximate surface area is 93.5 Å². The van der Waals surface area contributed by atoms with Crippen LogP contribution in [0.4, 0.5) is 0 Å². The molecule has 0 heteroatoms. The third kappa shape index (κ3) is 22.7. The molecule has 1 unspecified atom stereocenters. The second-order valence-corrected chi connectivity index (χ2v) is 3.39. The van der Waals surface area contributed by atoms with Crippen LogP contribution in [0.2, 0.25) is 0 Å². The average Bonchev–Trinajstić information content (AvgIpc) is 2.25. The maximum absolute atomic E-state index is 2.37. The first-order valence-corrected chi connectivity index (χ1v) is 6.81. The summed E-state index contributed by atoms with van der Waals surface area (Å²) in [6.45, 7) is 14.9. The second-order valence-electron chi connectivity index (χ2n) is 3.39. The molecule has 0 amide bonds. The van der Waals surface area contributed by atoms with Crippen molar-refractivity contribution in [2.75, 3.05) is 0 Å². The fourth-order valence-electron chi connectivity index (χ4n) is 1.38. The lowest BCUT2D eigenvalue weighted by Crippen LogP contribution is -1.92. The standard InChI is InChI=1S/C10H22.2C2H6/c1-4-6-7-9-10(3)8-5-2;2*1-2/h10H,4-9H2,1-3H3;2*1-2H3. The Bertz CT molecular complexity index is 57.1. The average molecular weight is 202 g/mol. The Morgan fingerprint density at radius 1 is 0.714 bits per heavy atom. The summed E-state index contributed by atoms with van der Waals surface area (Å²) in [7, 11) is 0. The summed E-state index contributed by atoms with van der Waals surface area (Å²) in [5.41, 5.74) is 0. The molecule has 0 aromatic rings. The van der Waals surface area contributed by atoms with E-state index in [2.05, 4.69) is 20.8 Å². The number of unbranched alkanes of at least 4 members (excludes halogenated alkanes) is 2. The van der Waals surface area contributed by atoms with Crippen molar-refractivity contribution in [3.05, 3.63) is 0 Å². The molecule has 0 bridgehead atoms. The van der Waals surface area contributed by atoms with Gasteiger partial charge in [0.15, 0.2) is 0 Å². The van der Waals surface area contributed by atoms with E-state index < -0.39 is 0 Å². The van der Waals surface area contributed by atoms with E-state index in [1.165, 1.54) is 38.5 Å². The van der Waals surface area contributed by atoms with E-state index >= 15 is 0 Å². The van der Waals surface area contributed by atoms with Crippen LogP contribution in [-0.4, -0.2) is 0 Å². The molecule has 0 nitrogen and oxygen atoms in total. The van der Waals surface area contributed by atoms with Crippen molar-refractivity contribution >= 4 is 0 Å². The number of hydrogen-bond donors (Lipinski definition) is 0. The molecule has 14 heavy (non-hydrogen) atoms. The van der Waals surface area contributed by atoms with E-state index in [0.717, 1.165) is 5.92 Å². The summed E-state index contributed by atoms with van der Waals surface area (Å²) in [5.74, 6) is 0.969. The van der Waals surface area contributed by atoms with Crippen LogP contribution >= 0.6 is 0 Å². The van der Waals surface area contributed by atoms with Gasteiger partial charge in [-0.05, 0) is 5.92 Å². The fourth-order valence-corrected chi connectivity index (χ4v) is 1.38. The zero-order chi connectivity index (χ0) is 11.8. The van der Waals surface area contributed by atoms with Crippen LogP contribution in [0.15, 0.2) is 0 Å². The zero-order valence-corrected chi connectivity index (χ0v) is 11.8. The first-order valence-electron chi connectivity index (χ1n) is 6.81. The molecule has 0 aliphatic carbocycles. The van der Waals surface area contributed by atoms with Gasteiger partial charge in [-0.25, -0.2) is 0 Å². The molecule has 0 aliphatic heterocycles. The van der Waals surface area contributed by atoms with Crippen LogP contribution < -0.4 is 0 Å². The maximum Gasteiger partial charge on any atom is -0.0443 e. The van der Waals surface area contributed by atoms with Crippen LogP contribution in [0.5, 0.6) is 0 Å². The van der Waals surface area contributed by atoms with Crippen molar-refractivity contribution in [3.8, 4) is 0 Å². The highest BCUT2D eigenvalue weighted by Crippen LogP contribution is 2.13. The zero-order valence-electron chi connectivity index (χ0n) is 11.8. The van der Waals surface area contributed by atoms with Crippen LogP contribution in [0.1, 0.15) is 87.0 Å². The van der Waals surface area contributed by atoms with Gasteiger partial charge >= 0.3 is 0 Å². The molecule has 0 aromatic heterocycles. The van der Waals surface area contributed by atoms with E-state index in [-0.39, 0.29) is 0 Å². The predicted octanol–water partition coefficient (Wildman–Crippen LogP) is 6.06. The van der Waals surface area contributed by atoms with Gasteiger partial charge < -0.3 is 0 Å². The minimum atomic E-state index is 0.969. The monoisotopic (exact) mass is 202 g/mol. The van der Waals surface area contributed by atoms with E-state index in [4.69, 9.17) is 0 Å². The fraction of sp³-hybridized carbons (Fsp3) is 1.00. The van der Waals surface area contributed by atoms with Gasteiger partial charge in [0.2, 0.25) is 0 Å². The molecule has 0 radical (unpaired) electrons. The molecule has 90 valence electrons. The van der Waals surface area contributed by atoms with Gasteiger partial charge in [0.05, 0.1) is 0 Å². The Kier molecular flexibility index (Phi) is 32.3. The van der Waals surface area contributed by atoms with Crippen LogP contribution in [0.3, 0.4) is 0 Å². The van der Waals surface area contributed by atoms with E-state index in [1.807, 2.05) is 27.7 Å². The van der Waals surface area contributed by atoms with Crippen LogP contribution in [-0.2, 0) is 0 Å². The largest absolute Gasteiger partial charge is 0.0683 e. The molecule has 0 fully saturated rings. The Morgan fingerprint density at radius 3 is 1.57 bits per heavy atom. The maximum atomic E-state index is 2.37. The molecule has 0 aliphatic rings. The van der Waals surface area contributed by atoms with Crippen LogP contribution in [0.25, 0.3) is 0 Å². The summed E-state index contributed by atoms with van der Waals surface area (Å²) in [6.07, 6.45) is 8.45. The summed E-state index contributed by atoms with van der Waals surface area (Å²) in [6, 6.07) is 0. The molecular weight excluding hydrogens is 168 g/mol. The normalized spacial score (nSPS) is 10.5. The van der Waals surface area contributed by atoms with E-state index in [9.17, 15) is 0 Å². The second kappa shape index (κ2) is 23.1. The smallest absolute Gasteiger partial charge is 0.0443 e. The number of rotatable bonds is 6. The lowest BCUT2D eigenvalue weighted by Gasteiger charge is -2.07. The topological polar surface area (TPSA) is 0 Å². The summed E-state index contributed by atoms with van der Waals surface area (Å²) in [4.78, 5) is 0. The van der Waals surface area contributed by atoms with Crippen molar-refractivity contribution in [1.82, 2.24) is 0 Å². The highest BCUT2D eigenvalue weighted by Gasteiger charge is 1.98. The van der Waals surface area contributed by atoms with Crippen molar-refractivity contribution in [1.29, 1.82) is 0 Å². The van der Waals surface area contributed by atoms with Gasteiger partial charge in [-0.15, -0.1) is 0 Å². The molecule has 1 atom stereocenters. The summed E-state index contributed by atoms with van der Waals surface area (Å²) < 4.78 is 0. The van der Waals surface area contributed by atoms with Crippen molar-refractivity contribution in [2.45, 2.75) is 87.0 Å². The van der Waals surface area contributed by atoms with E-state index in [0.29, 0.717) is 0 Å². The Hall–Kier alpha value is 0. The predicted molar refractivity (Wildman–Crippen MR) is 70.9 cm³/mol. The van der Waals surface area contributed by atoms with Gasteiger partial charge in [0.1, 0.15) is 0 Å². The minimum absolute atomic E-state index is 0.969. The van der Waals surface area contributed by atoms with Gasteiger partial charge in [-0.2, -0.15) is 0 Å². The van der Waals surface area contributed by atoms with Gasteiger partial charge in [0, 0.05) is 0 Å². The molecule has 0 heterocycles. The lowest BCUT2D eigenvalue weighted by molar-refractivity contribution is 0.459. The van der Waals surface area contributed by atoms with Crippen LogP contribution in [0, 0.1) is 5.92 Å². The third-order valence-electron chi connectivity index (χ3n) is 2.08. The summed E-state index contributed by atoms with van der Waals surface area (Å²) in [5, 5.41) is 0. The SMILES string of the molecule is CC.CC.CCCCCC(C)CCC. The van der Waals surface area contributed by atoms with Crippen molar-refractivity contribution in [3.63, 3.8) is 0 Å². The molecular formula is C14H34. The van der Waals surface area contributed by atoms with Gasteiger partial charge in [0.25, 0.3) is 0 Å². The third-order valence-corrected chi connectivity index (χ3v) is 2.08. The highest BCUT2D eigenvalue weighted by molar-refractivity contribution is 4.51. The Balaban J connectivity index is -0.000000266. The molecule has 0 saturated carbocycles. The highest BCUT2D eigenvalue weighted by atomic mass is 14.0. The van der Waals surface area contributed by atoms with E-state index in [1.54, 1.807) is 0 Å². The van der Waals surface area contributed by atoms with Gasteiger partial charge in [-0.1, -0.05) is 87.0 Å². The van der Waals surface area contributed by atoms with Crippen molar-refractivity contribution in [2.24, 2.45) is 5.92 Å². The molecule has 0 N–H and O–H groups in total. The van der Waals surface area contributed by atoms with Gasteiger partial charge in [-0.3, -0.25) is 0 Å². The first kappa shape index (κ1) is 19.6. The Morgan fingerprint density at radius 2 is 1.21 bits per heavy atom. The first-order chi connectivity index (χ1) is 6.81. The quantitative estimate of drug-likeness (QED) is 0.460. The number of hydrogen-bond acceptors (Lipinski definition) is 0. The molecule has 0 saturated heterocycles. The molecule has 0 spiro atoms.